The van der Waals surface area contributed by atoms with E-state index in [9.17, 15) is 0 Å². The summed E-state index contributed by atoms with van der Waals surface area (Å²) in [6.45, 7) is 2.05. The molecule has 2 heterocycles. The quantitative estimate of drug-likeness (QED) is 0.683. The Kier molecular flexibility index (Phi) is 4.75. The van der Waals surface area contributed by atoms with Gasteiger partial charge in [0.1, 0.15) is 5.82 Å². The number of anilines is 1. The van der Waals surface area contributed by atoms with E-state index in [1.165, 1.54) is 11.1 Å². The zero-order chi connectivity index (χ0) is 12.4. The molecule has 5 heteroatoms. The van der Waals surface area contributed by atoms with Gasteiger partial charge in [0.25, 0.3) is 0 Å². The molecule has 3 nitrogen and oxygen atoms in total. The Hall–Kier alpha value is -1.16. The molecule has 0 saturated carbocycles. The number of nitrogens with zero attached hydrogens (tertiary/aromatic N) is 3. The summed E-state index contributed by atoms with van der Waals surface area (Å²) in [4.78, 5) is 8.81. The fourth-order valence-electron chi connectivity index (χ4n) is 2.18. The SMILES string of the molecule is CN1[B]N(c2cc(-c3ccccc3)ccn2)CC1.[Ir]. The van der Waals surface area contributed by atoms with Crippen LogP contribution in [0.25, 0.3) is 11.1 Å². The summed E-state index contributed by atoms with van der Waals surface area (Å²) in [5, 5.41) is 0. The van der Waals surface area contributed by atoms with Gasteiger partial charge in [-0.1, -0.05) is 30.3 Å². The third-order valence-corrected chi connectivity index (χ3v) is 3.18. The predicted octanol–water partition coefficient (Wildman–Crippen LogP) is 2.03. The van der Waals surface area contributed by atoms with Gasteiger partial charge in [0.05, 0.1) is 0 Å². The van der Waals surface area contributed by atoms with Gasteiger partial charge in [-0.2, -0.15) is 0 Å². The molecule has 1 aliphatic rings. The number of hydrogen-bond acceptors (Lipinski definition) is 3. The van der Waals surface area contributed by atoms with Crippen molar-refractivity contribution < 1.29 is 20.1 Å². The van der Waals surface area contributed by atoms with Crippen molar-refractivity contribution in [2.24, 2.45) is 0 Å². The fourth-order valence-corrected chi connectivity index (χ4v) is 2.18. The first-order valence-corrected chi connectivity index (χ1v) is 6.16. The molecule has 0 spiro atoms. The minimum absolute atomic E-state index is 0. The van der Waals surface area contributed by atoms with Crippen LogP contribution in [0.5, 0.6) is 0 Å². The summed E-state index contributed by atoms with van der Waals surface area (Å²) in [7, 11) is 4.19. The minimum atomic E-state index is 0. The molecule has 1 aromatic heterocycles. The van der Waals surface area contributed by atoms with Crippen molar-refractivity contribution in [3.63, 3.8) is 0 Å². The molecular weight excluding hydrogens is 413 g/mol. The maximum atomic E-state index is 4.45. The van der Waals surface area contributed by atoms with E-state index in [-0.39, 0.29) is 20.1 Å². The second-order valence-electron chi connectivity index (χ2n) is 4.56. The first-order valence-electron chi connectivity index (χ1n) is 6.16. The van der Waals surface area contributed by atoms with Crippen molar-refractivity contribution in [3.05, 3.63) is 48.7 Å². The molecule has 0 bridgehead atoms. The van der Waals surface area contributed by atoms with Gasteiger partial charge in [0.15, 0.2) is 0 Å². The van der Waals surface area contributed by atoms with Gasteiger partial charge in [0.2, 0.25) is 0 Å². The Morgan fingerprint density at radius 2 is 1.84 bits per heavy atom. The monoisotopic (exact) mass is 429 g/mol. The van der Waals surface area contributed by atoms with Crippen LogP contribution in [-0.2, 0) is 20.1 Å². The third-order valence-electron chi connectivity index (χ3n) is 3.18. The predicted molar refractivity (Wildman–Crippen MR) is 75.4 cm³/mol. The summed E-state index contributed by atoms with van der Waals surface area (Å²) < 4.78 is 0. The van der Waals surface area contributed by atoms with Gasteiger partial charge >= 0.3 is 7.55 Å². The summed E-state index contributed by atoms with van der Waals surface area (Å²) in [5.74, 6) is 1.01. The summed E-state index contributed by atoms with van der Waals surface area (Å²) in [5.41, 5.74) is 2.44. The molecule has 0 atom stereocenters. The van der Waals surface area contributed by atoms with Crippen LogP contribution in [0.2, 0.25) is 0 Å². The van der Waals surface area contributed by atoms with Crippen LogP contribution >= 0.6 is 0 Å². The molecule has 3 rings (SSSR count). The zero-order valence-electron chi connectivity index (χ0n) is 10.8. The average molecular weight is 428 g/mol. The molecule has 0 amide bonds. The Morgan fingerprint density at radius 3 is 2.53 bits per heavy atom. The number of likely N-dealkylation sites (N-methyl/N-ethyl adjacent to an activating group) is 1. The number of benzene rings is 1. The number of rotatable bonds is 2. The van der Waals surface area contributed by atoms with Crippen LogP contribution in [0, 0.1) is 0 Å². The van der Waals surface area contributed by atoms with E-state index in [4.69, 9.17) is 0 Å². The van der Waals surface area contributed by atoms with Crippen molar-refractivity contribution in [2.45, 2.75) is 0 Å². The van der Waals surface area contributed by atoms with Crippen LogP contribution in [0.4, 0.5) is 5.82 Å². The van der Waals surface area contributed by atoms with Crippen molar-refractivity contribution in [1.29, 1.82) is 0 Å². The van der Waals surface area contributed by atoms with Crippen molar-refractivity contribution >= 4 is 13.4 Å². The molecule has 2 radical (unpaired) electrons. The van der Waals surface area contributed by atoms with E-state index in [1.807, 2.05) is 12.3 Å². The largest absolute Gasteiger partial charge is 0.388 e. The molecule has 0 N–H and O–H groups in total. The van der Waals surface area contributed by atoms with E-state index in [0.29, 0.717) is 0 Å². The maximum Gasteiger partial charge on any atom is 0.353 e. The topological polar surface area (TPSA) is 19.4 Å². The summed E-state index contributed by atoms with van der Waals surface area (Å²) in [6, 6.07) is 14.6. The molecule has 19 heavy (non-hydrogen) atoms. The third kappa shape index (κ3) is 3.24. The second-order valence-corrected chi connectivity index (χ2v) is 4.56. The molecule has 1 saturated heterocycles. The molecule has 98 valence electrons. The van der Waals surface area contributed by atoms with E-state index in [1.54, 1.807) is 0 Å². The number of pyridine rings is 1. The smallest absolute Gasteiger partial charge is 0.353 e. The molecule has 2 aromatic rings. The van der Waals surface area contributed by atoms with Gasteiger partial charge in [-0.15, -0.1) is 0 Å². The van der Waals surface area contributed by atoms with Gasteiger partial charge < -0.3 is 9.62 Å². The van der Waals surface area contributed by atoms with Crippen LogP contribution in [0.3, 0.4) is 0 Å². The van der Waals surface area contributed by atoms with Crippen LogP contribution in [0.1, 0.15) is 0 Å². The zero-order valence-corrected chi connectivity index (χ0v) is 13.2. The minimum Gasteiger partial charge on any atom is -0.388 e. The van der Waals surface area contributed by atoms with E-state index in [2.05, 4.69) is 65.6 Å². The van der Waals surface area contributed by atoms with E-state index < -0.39 is 0 Å². The number of aromatic nitrogens is 1. The van der Waals surface area contributed by atoms with Gasteiger partial charge in [-0.3, -0.25) is 0 Å². The van der Waals surface area contributed by atoms with Gasteiger partial charge in [0, 0.05) is 39.4 Å². The summed E-state index contributed by atoms with van der Waals surface area (Å²) >= 11 is 0. The van der Waals surface area contributed by atoms with Crippen molar-refractivity contribution in [3.8, 4) is 11.1 Å². The molecule has 1 aliphatic heterocycles. The van der Waals surface area contributed by atoms with Crippen LogP contribution < -0.4 is 4.81 Å². The Balaban J connectivity index is 0.00000133. The van der Waals surface area contributed by atoms with Crippen LogP contribution in [-0.4, -0.2) is 37.5 Å². The second kappa shape index (κ2) is 6.33. The molecule has 0 unspecified atom stereocenters. The standard InChI is InChI=1S/C14H15BN3.Ir/c1-17-9-10-18(15-17)14-11-13(7-8-16-14)12-5-3-2-4-6-12;/h2-8,11H,9-10H2,1H3;. The average Bonchev–Trinajstić information content (AvgIpc) is 2.87. The van der Waals surface area contributed by atoms with Gasteiger partial charge in [-0.25, -0.2) is 4.98 Å². The first-order chi connectivity index (χ1) is 8.83. The fraction of sp³-hybridized carbons (Fsp3) is 0.214. The Bertz CT molecular complexity index is 535. The maximum absolute atomic E-state index is 4.45. The normalized spacial score (nSPS) is 14.9. The van der Waals surface area contributed by atoms with Gasteiger partial charge in [-0.05, 0) is 30.3 Å². The Morgan fingerprint density at radius 1 is 1.05 bits per heavy atom. The molecule has 1 aromatic carbocycles. The molecule has 0 aliphatic carbocycles. The van der Waals surface area contributed by atoms with E-state index in [0.717, 1.165) is 18.9 Å². The first kappa shape index (κ1) is 14.3. The Labute approximate surface area is 128 Å². The summed E-state index contributed by atoms with van der Waals surface area (Å²) in [6.07, 6.45) is 1.88. The number of hydrogen-bond donors (Lipinski definition) is 0. The van der Waals surface area contributed by atoms with Crippen molar-refractivity contribution in [1.82, 2.24) is 9.79 Å². The van der Waals surface area contributed by atoms with E-state index >= 15 is 0 Å². The molecular formula is C14H15BIrN3. The molecule has 1 fully saturated rings. The van der Waals surface area contributed by atoms with Crippen LogP contribution in [0.15, 0.2) is 48.7 Å². The van der Waals surface area contributed by atoms with Crippen molar-refractivity contribution in [2.75, 3.05) is 24.9 Å².